The summed E-state index contributed by atoms with van der Waals surface area (Å²) in [7, 11) is 0. The fraction of sp³-hybridized carbons (Fsp3) is 0.733. The summed E-state index contributed by atoms with van der Waals surface area (Å²) in [6.45, 7) is 9.25. The number of carbonyl (C=O) groups excluding carboxylic acids is 1. The Bertz CT molecular complexity index is 437. The zero-order valence-corrected chi connectivity index (χ0v) is 13.7. The molecule has 1 heterocycles. The van der Waals surface area contributed by atoms with Gasteiger partial charge in [0.15, 0.2) is 5.78 Å². The van der Waals surface area contributed by atoms with Gasteiger partial charge < -0.3 is 4.74 Å². The van der Waals surface area contributed by atoms with E-state index in [-0.39, 0.29) is 11.9 Å². The summed E-state index contributed by atoms with van der Waals surface area (Å²) in [5.41, 5.74) is 1.68. The Morgan fingerprint density at radius 3 is 2.55 bits per heavy atom. The molecule has 0 aliphatic carbocycles. The fourth-order valence-corrected chi connectivity index (χ4v) is 2.60. The van der Waals surface area contributed by atoms with E-state index < -0.39 is 0 Å². The molecule has 5 heteroatoms. The molecule has 0 aromatic carbocycles. The van der Waals surface area contributed by atoms with Crippen LogP contribution in [0.3, 0.4) is 0 Å². The maximum Gasteiger partial charge on any atom is 0.167 e. The number of hydrogen-bond acceptors (Lipinski definition) is 3. The maximum absolute atomic E-state index is 12.4. The SMILES string of the molecule is CCCC(OCC)C(=O)Cc1c(Cl)c(CC)nn1CC. The van der Waals surface area contributed by atoms with Crippen molar-refractivity contribution in [3.63, 3.8) is 0 Å². The van der Waals surface area contributed by atoms with Gasteiger partial charge in [-0.05, 0) is 26.7 Å². The lowest BCUT2D eigenvalue weighted by Crippen LogP contribution is -2.27. The van der Waals surface area contributed by atoms with E-state index in [0.717, 1.165) is 37.2 Å². The highest BCUT2D eigenvalue weighted by atomic mass is 35.5. The van der Waals surface area contributed by atoms with Crippen LogP contribution < -0.4 is 0 Å². The van der Waals surface area contributed by atoms with Crippen molar-refractivity contribution in [1.29, 1.82) is 0 Å². The van der Waals surface area contributed by atoms with Crippen molar-refractivity contribution in [3.05, 3.63) is 16.4 Å². The smallest absolute Gasteiger partial charge is 0.167 e. The summed E-state index contributed by atoms with van der Waals surface area (Å²) in [5.74, 6) is 0.0906. The van der Waals surface area contributed by atoms with E-state index in [4.69, 9.17) is 16.3 Å². The number of aryl methyl sites for hydroxylation is 2. The number of hydrogen-bond donors (Lipinski definition) is 0. The van der Waals surface area contributed by atoms with Crippen molar-refractivity contribution in [2.75, 3.05) is 6.61 Å². The molecule has 0 fully saturated rings. The van der Waals surface area contributed by atoms with Gasteiger partial charge in [-0.1, -0.05) is 31.9 Å². The molecule has 0 saturated carbocycles. The zero-order valence-electron chi connectivity index (χ0n) is 12.9. The zero-order chi connectivity index (χ0) is 15.1. The number of rotatable bonds is 9. The minimum Gasteiger partial charge on any atom is -0.371 e. The molecule has 0 bridgehead atoms. The number of nitrogens with zero attached hydrogens (tertiary/aromatic N) is 2. The summed E-state index contributed by atoms with van der Waals surface area (Å²) in [5, 5.41) is 5.08. The van der Waals surface area contributed by atoms with Crippen LogP contribution in [0.5, 0.6) is 0 Å². The second-order valence-corrected chi connectivity index (χ2v) is 5.13. The van der Waals surface area contributed by atoms with E-state index in [2.05, 4.69) is 12.0 Å². The minimum absolute atomic E-state index is 0.0906. The quantitative estimate of drug-likeness (QED) is 0.702. The normalized spacial score (nSPS) is 12.7. The topological polar surface area (TPSA) is 44.1 Å². The first-order valence-corrected chi connectivity index (χ1v) is 7.84. The van der Waals surface area contributed by atoms with Crippen LogP contribution in [0.25, 0.3) is 0 Å². The summed E-state index contributed by atoms with van der Waals surface area (Å²) in [6, 6.07) is 0. The Kier molecular flexibility index (Phi) is 7.24. The van der Waals surface area contributed by atoms with Crippen molar-refractivity contribution in [2.45, 2.75) is 66.0 Å². The molecule has 1 aromatic heterocycles. The Labute approximate surface area is 126 Å². The van der Waals surface area contributed by atoms with Crippen molar-refractivity contribution in [2.24, 2.45) is 0 Å². The third kappa shape index (κ3) is 4.06. The Morgan fingerprint density at radius 1 is 1.35 bits per heavy atom. The highest BCUT2D eigenvalue weighted by Gasteiger charge is 2.23. The molecule has 1 unspecified atom stereocenters. The van der Waals surface area contributed by atoms with E-state index in [0.29, 0.717) is 18.1 Å². The summed E-state index contributed by atoms with van der Waals surface area (Å²) in [6.07, 6.45) is 2.43. The predicted octanol–water partition coefficient (Wildman–Crippen LogP) is 3.44. The Morgan fingerprint density at radius 2 is 2.05 bits per heavy atom. The van der Waals surface area contributed by atoms with Gasteiger partial charge in [0.2, 0.25) is 0 Å². The molecule has 0 aliphatic heterocycles. The lowest BCUT2D eigenvalue weighted by Gasteiger charge is -2.15. The molecule has 1 rings (SSSR count). The average Bonchev–Trinajstić information content (AvgIpc) is 2.75. The van der Waals surface area contributed by atoms with Crippen LogP contribution in [0.15, 0.2) is 0 Å². The molecule has 1 atom stereocenters. The fourth-order valence-electron chi connectivity index (χ4n) is 2.27. The van der Waals surface area contributed by atoms with Gasteiger partial charge >= 0.3 is 0 Å². The van der Waals surface area contributed by atoms with Gasteiger partial charge in [0.1, 0.15) is 6.10 Å². The van der Waals surface area contributed by atoms with Gasteiger partial charge in [-0.25, -0.2) is 0 Å². The first-order chi connectivity index (χ1) is 9.58. The number of carbonyl (C=O) groups is 1. The molecular weight excluding hydrogens is 276 g/mol. The van der Waals surface area contributed by atoms with Crippen molar-refractivity contribution < 1.29 is 9.53 Å². The number of Topliss-reactive ketones (excluding diaryl/α,β-unsaturated/α-hetero) is 1. The second kappa shape index (κ2) is 8.42. The van der Waals surface area contributed by atoms with Crippen molar-refractivity contribution >= 4 is 17.4 Å². The van der Waals surface area contributed by atoms with Gasteiger partial charge in [-0.3, -0.25) is 9.48 Å². The standard InChI is InChI=1S/C15H25ClN2O2/c1-5-9-14(20-8-4)13(19)10-12-15(16)11(6-2)17-18(12)7-3/h14H,5-10H2,1-4H3. The van der Waals surface area contributed by atoms with Gasteiger partial charge in [0.05, 0.1) is 22.8 Å². The Balaban J connectivity index is 2.90. The third-order valence-electron chi connectivity index (χ3n) is 3.31. The summed E-state index contributed by atoms with van der Waals surface area (Å²) < 4.78 is 7.37. The highest BCUT2D eigenvalue weighted by molar-refractivity contribution is 6.32. The lowest BCUT2D eigenvalue weighted by molar-refractivity contribution is -0.130. The molecule has 0 aliphatic rings. The second-order valence-electron chi connectivity index (χ2n) is 4.75. The van der Waals surface area contributed by atoms with Gasteiger partial charge in [-0.2, -0.15) is 5.10 Å². The molecule has 20 heavy (non-hydrogen) atoms. The van der Waals surface area contributed by atoms with Crippen LogP contribution in [0.2, 0.25) is 5.02 Å². The van der Waals surface area contributed by atoms with Crippen LogP contribution >= 0.6 is 11.6 Å². The average molecular weight is 301 g/mol. The van der Waals surface area contributed by atoms with Crippen LogP contribution in [-0.4, -0.2) is 28.3 Å². The number of halogens is 1. The number of ketones is 1. The molecular formula is C15H25ClN2O2. The van der Waals surface area contributed by atoms with Crippen molar-refractivity contribution in [3.8, 4) is 0 Å². The van der Waals surface area contributed by atoms with Crippen LogP contribution in [0, 0.1) is 0 Å². The summed E-state index contributed by atoms with van der Waals surface area (Å²) in [4.78, 5) is 12.4. The van der Waals surface area contributed by atoms with Crippen LogP contribution in [0.1, 0.15) is 51.9 Å². The monoisotopic (exact) mass is 300 g/mol. The van der Waals surface area contributed by atoms with Gasteiger partial charge in [-0.15, -0.1) is 0 Å². The molecule has 114 valence electrons. The van der Waals surface area contributed by atoms with Crippen LogP contribution in [0.4, 0.5) is 0 Å². The van der Waals surface area contributed by atoms with Crippen molar-refractivity contribution in [1.82, 2.24) is 9.78 Å². The first kappa shape index (κ1) is 17.2. The van der Waals surface area contributed by atoms with E-state index in [1.807, 2.05) is 25.5 Å². The molecule has 1 aromatic rings. The molecule has 0 saturated heterocycles. The van der Waals surface area contributed by atoms with E-state index in [9.17, 15) is 4.79 Å². The first-order valence-electron chi connectivity index (χ1n) is 7.47. The molecule has 0 spiro atoms. The van der Waals surface area contributed by atoms with E-state index >= 15 is 0 Å². The minimum atomic E-state index is -0.327. The lowest BCUT2D eigenvalue weighted by atomic mass is 10.1. The number of ether oxygens (including phenoxy) is 1. The Hall–Kier alpha value is -0.870. The van der Waals surface area contributed by atoms with E-state index in [1.165, 1.54) is 0 Å². The molecule has 0 radical (unpaired) electrons. The van der Waals surface area contributed by atoms with E-state index in [1.54, 1.807) is 0 Å². The van der Waals surface area contributed by atoms with Gasteiger partial charge in [0, 0.05) is 13.2 Å². The number of aromatic nitrogens is 2. The third-order valence-corrected chi connectivity index (χ3v) is 3.75. The van der Waals surface area contributed by atoms with Crippen LogP contribution in [-0.2, 0) is 28.9 Å². The van der Waals surface area contributed by atoms with Gasteiger partial charge in [0.25, 0.3) is 0 Å². The highest BCUT2D eigenvalue weighted by Crippen LogP contribution is 2.23. The predicted molar refractivity (Wildman–Crippen MR) is 81.3 cm³/mol. The molecule has 0 N–H and O–H groups in total. The largest absolute Gasteiger partial charge is 0.371 e. The summed E-state index contributed by atoms with van der Waals surface area (Å²) >= 11 is 6.33. The molecule has 0 amide bonds. The maximum atomic E-state index is 12.4. The molecule has 4 nitrogen and oxygen atoms in total.